The minimum Gasteiger partial charge on any atom is -0.299 e. The van der Waals surface area contributed by atoms with Gasteiger partial charge in [0, 0.05) is 23.2 Å². The Balaban J connectivity index is 1.25. The molecule has 2 aromatic rings. The third kappa shape index (κ3) is 5.33. The average Bonchev–Trinajstić information content (AvgIpc) is 3.25. The number of hydrogen-bond acceptors (Lipinski definition) is 2. The highest BCUT2D eigenvalue weighted by molar-refractivity contribution is 6.30. The van der Waals surface area contributed by atoms with Crippen LogP contribution in [0.25, 0.3) is 5.57 Å². The van der Waals surface area contributed by atoms with Gasteiger partial charge in [-0.3, -0.25) is 9.79 Å². The van der Waals surface area contributed by atoms with E-state index in [-0.39, 0.29) is 17.8 Å². The van der Waals surface area contributed by atoms with Gasteiger partial charge in [0.25, 0.3) is 0 Å². The average molecular weight is 488 g/mol. The molecule has 1 saturated carbocycles. The summed E-state index contributed by atoms with van der Waals surface area (Å²) < 4.78 is 0. The molecule has 3 atom stereocenters. The zero-order chi connectivity index (χ0) is 24.4. The molecule has 3 heteroatoms. The van der Waals surface area contributed by atoms with Crippen molar-refractivity contribution in [2.45, 2.75) is 84.0 Å². The molecule has 35 heavy (non-hydrogen) atoms. The zero-order valence-corrected chi connectivity index (χ0v) is 22.0. The highest BCUT2D eigenvalue weighted by Gasteiger charge is 2.36. The zero-order valence-electron chi connectivity index (χ0n) is 21.3. The van der Waals surface area contributed by atoms with E-state index < -0.39 is 0 Å². The second-order valence-electron chi connectivity index (χ2n) is 10.9. The van der Waals surface area contributed by atoms with Crippen LogP contribution in [-0.4, -0.2) is 18.0 Å². The number of hydrogen-bond donors (Lipinski definition) is 0. The van der Waals surface area contributed by atoms with E-state index in [2.05, 4.69) is 50.3 Å². The Morgan fingerprint density at radius 1 is 1.00 bits per heavy atom. The molecule has 3 unspecified atom stereocenters. The first-order valence-electron chi connectivity index (χ1n) is 13.7. The molecule has 0 saturated heterocycles. The molecule has 3 aliphatic carbocycles. The lowest BCUT2D eigenvalue weighted by Crippen LogP contribution is -2.35. The van der Waals surface area contributed by atoms with Gasteiger partial charge >= 0.3 is 0 Å². The quantitative estimate of drug-likeness (QED) is 0.377. The van der Waals surface area contributed by atoms with Gasteiger partial charge in [0.1, 0.15) is 5.78 Å². The van der Waals surface area contributed by atoms with E-state index in [1.807, 2.05) is 6.07 Å². The van der Waals surface area contributed by atoms with Gasteiger partial charge < -0.3 is 0 Å². The first-order valence-corrected chi connectivity index (χ1v) is 14.0. The summed E-state index contributed by atoms with van der Waals surface area (Å²) in [5, 5.41) is 0.799. The predicted octanol–water partition coefficient (Wildman–Crippen LogP) is 8.19. The number of Topliss-reactive ketones (excluding diaryl/α,β-unsaturated/α-hetero) is 1. The van der Waals surface area contributed by atoms with Crippen LogP contribution in [0.15, 0.2) is 47.5 Å². The topological polar surface area (TPSA) is 29.4 Å². The van der Waals surface area contributed by atoms with Gasteiger partial charge in [-0.1, -0.05) is 55.3 Å². The van der Waals surface area contributed by atoms with Crippen molar-refractivity contribution in [1.82, 2.24) is 0 Å². The normalized spacial score (nSPS) is 23.3. The van der Waals surface area contributed by atoms with Gasteiger partial charge in [0.05, 0.1) is 5.92 Å². The lowest BCUT2D eigenvalue weighted by atomic mass is 9.71. The van der Waals surface area contributed by atoms with Crippen molar-refractivity contribution in [3.05, 3.63) is 75.3 Å². The molecule has 0 N–H and O–H groups in total. The molecule has 0 bridgehead atoms. The first-order chi connectivity index (χ1) is 17.0. The van der Waals surface area contributed by atoms with Crippen LogP contribution in [0.5, 0.6) is 0 Å². The van der Waals surface area contributed by atoms with Crippen LogP contribution in [0, 0.1) is 11.8 Å². The highest BCUT2D eigenvalue weighted by atomic mass is 35.5. The summed E-state index contributed by atoms with van der Waals surface area (Å²) in [6.45, 7) is 5.07. The molecular weight excluding hydrogens is 450 g/mol. The van der Waals surface area contributed by atoms with E-state index in [0.717, 1.165) is 55.8 Å². The summed E-state index contributed by atoms with van der Waals surface area (Å²) in [4.78, 5) is 18.6. The summed E-state index contributed by atoms with van der Waals surface area (Å²) in [5.74, 6) is 0.783. The molecule has 184 valence electrons. The van der Waals surface area contributed by atoms with E-state index >= 15 is 0 Å². The molecule has 0 radical (unpaired) electrons. The number of allylic oxidation sites excluding steroid dienone is 1. The molecule has 0 aliphatic heterocycles. The maximum atomic E-state index is 13.6. The number of aryl methyl sites for hydroxylation is 3. The van der Waals surface area contributed by atoms with E-state index in [4.69, 9.17) is 16.6 Å². The van der Waals surface area contributed by atoms with Gasteiger partial charge in [-0.15, -0.1) is 0 Å². The van der Waals surface area contributed by atoms with Crippen LogP contribution in [0.2, 0.25) is 5.02 Å². The fraction of sp³-hybridized carbons (Fsp3) is 0.500. The molecule has 1 fully saturated rings. The molecule has 5 rings (SSSR count). The summed E-state index contributed by atoms with van der Waals surface area (Å²) >= 11 is 6.32. The van der Waals surface area contributed by atoms with Crippen LogP contribution in [-0.2, 0) is 24.1 Å². The molecule has 3 aliphatic rings. The summed E-state index contributed by atoms with van der Waals surface area (Å²) in [7, 11) is 0. The molecule has 2 aromatic carbocycles. The van der Waals surface area contributed by atoms with Crippen LogP contribution in [0.3, 0.4) is 0 Å². The van der Waals surface area contributed by atoms with Gasteiger partial charge in [0.2, 0.25) is 0 Å². The van der Waals surface area contributed by atoms with Gasteiger partial charge in [-0.05, 0) is 116 Å². The summed E-state index contributed by atoms with van der Waals surface area (Å²) in [6.07, 6.45) is 13.4. The van der Waals surface area contributed by atoms with Crippen molar-refractivity contribution in [2.24, 2.45) is 16.8 Å². The largest absolute Gasteiger partial charge is 0.299 e. The van der Waals surface area contributed by atoms with E-state index in [1.54, 1.807) is 0 Å². The lowest BCUT2D eigenvalue weighted by molar-refractivity contribution is -0.127. The Kier molecular flexibility index (Phi) is 7.58. The number of rotatable bonds is 6. The second kappa shape index (κ2) is 10.8. The van der Waals surface area contributed by atoms with Crippen LogP contribution >= 0.6 is 11.6 Å². The highest BCUT2D eigenvalue weighted by Crippen LogP contribution is 2.38. The van der Waals surface area contributed by atoms with E-state index in [1.165, 1.54) is 59.1 Å². The molecule has 0 heterocycles. The minimum absolute atomic E-state index is 0.0181. The van der Waals surface area contributed by atoms with Gasteiger partial charge in [-0.25, -0.2) is 0 Å². The smallest absolute Gasteiger partial charge is 0.145 e. The number of carbonyl (C=O) groups excluding carboxylic acids is 1. The van der Waals surface area contributed by atoms with Crippen molar-refractivity contribution in [3.8, 4) is 0 Å². The maximum Gasteiger partial charge on any atom is 0.145 e. The standard InChI is InChI=1S/C32H38ClNO/c1-21(26-14-13-23-9-5-10-27(23)19-26)29-11-6-12-30(32(29)35)22(2)34-18-17-25-8-4-3-7-24-15-16-28(33)20-31(24)25/h8,13-16,19-21,29-30H,3-7,9-12,17-18H2,1-2H3. The lowest BCUT2D eigenvalue weighted by Gasteiger charge is -2.32. The Hall–Kier alpha value is -2.19. The number of carbonyl (C=O) groups is 1. The SMILES string of the molecule is CC(=NCCC1=CCCCc2ccc(Cl)cc21)C1CCCC(C(C)c2ccc3c(c2)CCC3)C1=O. The van der Waals surface area contributed by atoms with E-state index in [0.29, 0.717) is 5.78 Å². The molecule has 2 nitrogen and oxygen atoms in total. The maximum absolute atomic E-state index is 13.6. The summed E-state index contributed by atoms with van der Waals surface area (Å²) in [6, 6.07) is 13.3. The van der Waals surface area contributed by atoms with Crippen LogP contribution < -0.4 is 0 Å². The Bertz CT molecular complexity index is 1160. The van der Waals surface area contributed by atoms with E-state index in [9.17, 15) is 4.79 Å². The van der Waals surface area contributed by atoms with Crippen molar-refractivity contribution < 1.29 is 4.79 Å². The molecule has 0 spiro atoms. The van der Waals surface area contributed by atoms with Crippen molar-refractivity contribution >= 4 is 28.7 Å². The Morgan fingerprint density at radius 3 is 2.69 bits per heavy atom. The Labute approximate surface area is 215 Å². The monoisotopic (exact) mass is 487 g/mol. The number of aliphatic imine (C=N–C) groups is 1. The van der Waals surface area contributed by atoms with Gasteiger partial charge in [-0.2, -0.15) is 0 Å². The van der Waals surface area contributed by atoms with Crippen LogP contribution in [0.1, 0.15) is 92.5 Å². The minimum atomic E-state index is -0.0181. The van der Waals surface area contributed by atoms with Gasteiger partial charge in [0.15, 0.2) is 0 Å². The molecule has 0 amide bonds. The molecule has 0 aromatic heterocycles. The third-order valence-corrected chi connectivity index (χ3v) is 8.91. The predicted molar refractivity (Wildman–Crippen MR) is 148 cm³/mol. The fourth-order valence-electron chi connectivity index (χ4n) is 6.55. The number of fused-ring (bicyclic) bond motifs is 2. The summed E-state index contributed by atoms with van der Waals surface area (Å²) in [5.41, 5.74) is 9.42. The second-order valence-corrected chi connectivity index (χ2v) is 11.3. The van der Waals surface area contributed by atoms with Crippen molar-refractivity contribution in [2.75, 3.05) is 6.54 Å². The first kappa shape index (κ1) is 24.5. The Morgan fingerprint density at radius 2 is 1.80 bits per heavy atom. The van der Waals surface area contributed by atoms with Crippen molar-refractivity contribution in [3.63, 3.8) is 0 Å². The number of halogens is 1. The number of benzene rings is 2. The number of ketones is 1. The third-order valence-electron chi connectivity index (χ3n) is 8.67. The van der Waals surface area contributed by atoms with Crippen molar-refractivity contribution in [1.29, 1.82) is 0 Å². The molecular formula is C32H38ClNO. The fourth-order valence-corrected chi connectivity index (χ4v) is 6.72. The number of nitrogens with zero attached hydrogens (tertiary/aromatic N) is 1. The van der Waals surface area contributed by atoms with Crippen LogP contribution in [0.4, 0.5) is 0 Å².